The van der Waals surface area contributed by atoms with Gasteiger partial charge in [0.1, 0.15) is 0 Å². The van der Waals surface area contributed by atoms with Gasteiger partial charge in [-0.1, -0.05) is 0 Å². The largest absolute Gasteiger partial charge is 0.385 e. The normalized spacial score (nSPS) is 16.6. The maximum Gasteiger partial charge on any atom is 0.231 e. The molecule has 0 spiro atoms. The summed E-state index contributed by atoms with van der Waals surface area (Å²) >= 11 is 0. The van der Waals surface area contributed by atoms with E-state index in [0.29, 0.717) is 18.5 Å². The molecule has 0 amide bonds. The van der Waals surface area contributed by atoms with E-state index in [2.05, 4.69) is 32.1 Å². The number of aromatic nitrogens is 3. The molecular formula is C12H22N6O. The summed E-state index contributed by atoms with van der Waals surface area (Å²) in [6, 6.07) is 0.230. The summed E-state index contributed by atoms with van der Waals surface area (Å²) in [5, 5.41) is 3.23. The second-order valence-electron chi connectivity index (χ2n) is 4.84. The molecule has 7 nitrogen and oxygen atoms in total. The van der Waals surface area contributed by atoms with Crippen molar-refractivity contribution in [3.8, 4) is 0 Å². The predicted molar refractivity (Wildman–Crippen MR) is 75.3 cm³/mol. The van der Waals surface area contributed by atoms with Crippen LogP contribution >= 0.6 is 0 Å². The van der Waals surface area contributed by atoms with Crippen molar-refractivity contribution in [1.29, 1.82) is 0 Å². The van der Waals surface area contributed by atoms with Gasteiger partial charge in [0.2, 0.25) is 17.8 Å². The number of ether oxygens (including phenoxy) is 1. The van der Waals surface area contributed by atoms with Gasteiger partial charge in [-0.15, -0.1) is 0 Å². The minimum atomic E-state index is 0.230. The van der Waals surface area contributed by atoms with Crippen molar-refractivity contribution in [3.05, 3.63) is 0 Å². The van der Waals surface area contributed by atoms with E-state index in [9.17, 15) is 0 Å². The monoisotopic (exact) mass is 266 g/mol. The topological polar surface area (TPSA) is 89.2 Å². The minimum absolute atomic E-state index is 0.230. The molecule has 2 heterocycles. The van der Waals surface area contributed by atoms with Crippen molar-refractivity contribution in [3.63, 3.8) is 0 Å². The molecule has 1 aromatic heterocycles. The first-order valence-corrected chi connectivity index (χ1v) is 6.71. The van der Waals surface area contributed by atoms with E-state index in [1.54, 1.807) is 7.11 Å². The standard InChI is InChI=1S/C12H22N6O/c1-9(5-8-19-2)14-11-15-10(13)16-12(17-11)18-6-3-4-7-18/h9H,3-8H2,1-2H3,(H3,13,14,15,16,17). The van der Waals surface area contributed by atoms with E-state index < -0.39 is 0 Å². The zero-order valence-corrected chi connectivity index (χ0v) is 11.6. The highest BCUT2D eigenvalue weighted by Gasteiger charge is 2.17. The Hall–Kier alpha value is -1.63. The number of nitrogens with zero attached hydrogens (tertiary/aromatic N) is 4. The van der Waals surface area contributed by atoms with Crippen LogP contribution in [0.1, 0.15) is 26.2 Å². The van der Waals surface area contributed by atoms with Crippen LogP contribution in [0.2, 0.25) is 0 Å². The van der Waals surface area contributed by atoms with E-state index in [4.69, 9.17) is 10.5 Å². The molecule has 1 fully saturated rings. The van der Waals surface area contributed by atoms with Gasteiger partial charge >= 0.3 is 0 Å². The van der Waals surface area contributed by atoms with Crippen molar-refractivity contribution in [1.82, 2.24) is 15.0 Å². The molecule has 0 aliphatic carbocycles. The van der Waals surface area contributed by atoms with Crippen molar-refractivity contribution in [2.24, 2.45) is 0 Å². The second-order valence-corrected chi connectivity index (χ2v) is 4.84. The lowest BCUT2D eigenvalue weighted by Crippen LogP contribution is -2.24. The quantitative estimate of drug-likeness (QED) is 0.790. The number of nitrogen functional groups attached to an aromatic ring is 1. The van der Waals surface area contributed by atoms with Crippen LogP contribution in [0, 0.1) is 0 Å². The first kappa shape index (κ1) is 13.8. The molecule has 3 N–H and O–H groups in total. The Bertz CT molecular complexity index is 407. The van der Waals surface area contributed by atoms with E-state index >= 15 is 0 Å². The number of nitrogens with one attached hydrogen (secondary N) is 1. The number of anilines is 3. The molecule has 1 aliphatic heterocycles. The average molecular weight is 266 g/mol. The summed E-state index contributed by atoms with van der Waals surface area (Å²) in [7, 11) is 1.69. The van der Waals surface area contributed by atoms with Crippen LogP contribution in [0.25, 0.3) is 0 Å². The van der Waals surface area contributed by atoms with E-state index in [1.807, 2.05) is 0 Å². The maximum absolute atomic E-state index is 5.75. The molecule has 19 heavy (non-hydrogen) atoms. The van der Waals surface area contributed by atoms with Gasteiger partial charge in [0.05, 0.1) is 0 Å². The van der Waals surface area contributed by atoms with Crippen molar-refractivity contribution >= 4 is 17.8 Å². The Morgan fingerprint density at radius 3 is 2.74 bits per heavy atom. The summed E-state index contributed by atoms with van der Waals surface area (Å²) in [4.78, 5) is 14.9. The van der Waals surface area contributed by atoms with E-state index in [0.717, 1.165) is 19.5 Å². The Morgan fingerprint density at radius 2 is 2.05 bits per heavy atom. The molecule has 7 heteroatoms. The van der Waals surface area contributed by atoms with Gasteiger partial charge in [0.15, 0.2) is 0 Å². The molecule has 0 aromatic carbocycles. The van der Waals surface area contributed by atoms with Gasteiger partial charge in [-0.25, -0.2) is 0 Å². The molecule has 0 saturated carbocycles. The van der Waals surface area contributed by atoms with Crippen LogP contribution < -0.4 is 16.0 Å². The van der Waals surface area contributed by atoms with Crippen LogP contribution in [-0.4, -0.2) is 47.8 Å². The number of hydrogen-bond acceptors (Lipinski definition) is 7. The molecule has 2 rings (SSSR count). The summed E-state index contributed by atoms with van der Waals surface area (Å²) in [6.45, 7) is 4.74. The molecule has 1 aromatic rings. The zero-order valence-electron chi connectivity index (χ0n) is 11.6. The number of rotatable bonds is 6. The SMILES string of the molecule is COCCC(C)Nc1nc(N)nc(N2CCCC2)n1. The molecule has 1 aliphatic rings. The van der Waals surface area contributed by atoms with Crippen LogP contribution in [-0.2, 0) is 4.74 Å². The smallest absolute Gasteiger partial charge is 0.231 e. The fourth-order valence-electron chi connectivity index (χ4n) is 2.09. The highest BCUT2D eigenvalue weighted by Crippen LogP contribution is 2.18. The van der Waals surface area contributed by atoms with Gasteiger partial charge in [-0.3, -0.25) is 0 Å². The molecule has 0 radical (unpaired) electrons. The second kappa shape index (κ2) is 6.51. The lowest BCUT2D eigenvalue weighted by Gasteiger charge is -2.18. The van der Waals surface area contributed by atoms with Gasteiger partial charge in [-0.2, -0.15) is 15.0 Å². The van der Waals surface area contributed by atoms with Crippen molar-refractivity contribution in [2.75, 3.05) is 42.8 Å². The summed E-state index contributed by atoms with van der Waals surface area (Å²) in [5.41, 5.74) is 5.75. The van der Waals surface area contributed by atoms with E-state index in [-0.39, 0.29) is 12.0 Å². The predicted octanol–water partition coefficient (Wildman–Crippen LogP) is 0.891. The van der Waals surface area contributed by atoms with E-state index in [1.165, 1.54) is 12.8 Å². The minimum Gasteiger partial charge on any atom is -0.385 e. The van der Waals surface area contributed by atoms with Crippen LogP contribution in [0.3, 0.4) is 0 Å². The van der Waals surface area contributed by atoms with Gasteiger partial charge in [0.25, 0.3) is 0 Å². The molecule has 0 bridgehead atoms. The molecule has 1 atom stereocenters. The van der Waals surface area contributed by atoms with Gasteiger partial charge in [0, 0.05) is 32.8 Å². The van der Waals surface area contributed by atoms with Gasteiger partial charge in [-0.05, 0) is 26.2 Å². The summed E-state index contributed by atoms with van der Waals surface area (Å²) in [6.07, 6.45) is 3.25. The Kier molecular flexibility index (Phi) is 4.73. The molecular weight excluding hydrogens is 244 g/mol. The lowest BCUT2D eigenvalue weighted by molar-refractivity contribution is 0.191. The molecule has 1 saturated heterocycles. The molecule has 1 unspecified atom stereocenters. The third-order valence-corrected chi connectivity index (χ3v) is 3.16. The Labute approximate surface area is 113 Å². The van der Waals surface area contributed by atoms with Crippen LogP contribution in [0.5, 0.6) is 0 Å². The summed E-state index contributed by atoms with van der Waals surface area (Å²) in [5.74, 6) is 1.47. The highest BCUT2D eigenvalue weighted by molar-refractivity contribution is 5.42. The average Bonchev–Trinajstić information content (AvgIpc) is 2.89. The maximum atomic E-state index is 5.75. The fourth-order valence-corrected chi connectivity index (χ4v) is 2.09. The Morgan fingerprint density at radius 1 is 1.32 bits per heavy atom. The van der Waals surface area contributed by atoms with Crippen LogP contribution in [0.4, 0.5) is 17.8 Å². The molecule has 106 valence electrons. The number of nitrogens with two attached hydrogens (primary N) is 1. The summed E-state index contributed by atoms with van der Waals surface area (Å²) < 4.78 is 5.05. The Balaban J connectivity index is 2.03. The van der Waals surface area contributed by atoms with Crippen molar-refractivity contribution in [2.45, 2.75) is 32.2 Å². The third-order valence-electron chi connectivity index (χ3n) is 3.16. The highest BCUT2D eigenvalue weighted by atomic mass is 16.5. The lowest BCUT2D eigenvalue weighted by atomic mass is 10.2. The number of methoxy groups -OCH3 is 1. The fraction of sp³-hybridized carbons (Fsp3) is 0.750. The third kappa shape index (κ3) is 3.92. The van der Waals surface area contributed by atoms with Gasteiger partial charge < -0.3 is 20.7 Å². The van der Waals surface area contributed by atoms with Crippen LogP contribution in [0.15, 0.2) is 0 Å². The zero-order chi connectivity index (χ0) is 13.7. The van der Waals surface area contributed by atoms with Crippen molar-refractivity contribution < 1.29 is 4.74 Å². The first-order chi connectivity index (χ1) is 9.19. The number of hydrogen-bond donors (Lipinski definition) is 2. The first-order valence-electron chi connectivity index (χ1n) is 6.71.